The highest BCUT2D eigenvalue weighted by Crippen LogP contribution is 2.36. The number of carbonyl (C=O) groups excluding carboxylic acids is 1. The van der Waals surface area contributed by atoms with Gasteiger partial charge in [-0.3, -0.25) is 4.79 Å². The molecule has 1 aromatic rings. The number of rotatable bonds is 8. The van der Waals surface area contributed by atoms with Gasteiger partial charge in [-0.05, 0) is 12.8 Å². The van der Waals surface area contributed by atoms with E-state index in [0.717, 1.165) is 12.1 Å². The second-order valence-electron chi connectivity index (χ2n) is 5.96. The predicted molar refractivity (Wildman–Crippen MR) is 79.9 cm³/mol. The topological polar surface area (TPSA) is 84.5 Å². The highest BCUT2D eigenvalue weighted by molar-refractivity contribution is 5.75. The molecule has 7 nitrogen and oxygen atoms in total. The van der Waals surface area contributed by atoms with Crippen molar-refractivity contribution in [2.24, 2.45) is 10.2 Å². The van der Waals surface area contributed by atoms with Crippen LogP contribution in [0.2, 0.25) is 0 Å². The molecule has 1 N–H and O–H groups in total. The molecule has 2 heterocycles. The van der Waals surface area contributed by atoms with Gasteiger partial charge in [-0.2, -0.15) is 10.2 Å². The number of hydrogen-bond donors (Lipinski definition) is 1. The summed E-state index contributed by atoms with van der Waals surface area (Å²) in [5.41, 5.74) is 0.660. The number of aromatic nitrogens is 3. The first-order chi connectivity index (χ1) is 10.7. The molecular formula is C15H20N6O. The first-order valence-corrected chi connectivity index (χ1v) is 7.75. The molecule has 1 saturated carbocycles. The van der Waals surface area contributed by atoms with Crippen molar-refractivity contribution in [1.82, 2.24) is 20.3 Å². The van der Waals surface area contributed by atoms with Gasteiger partial charge >= 0.3 is 0 Å². The number of nitrogens with one attached hydrogen (secondary N) is 1. The van der Waals surface area contributed by atoms with Gasteiger partial charge in [0.15, 0.2) is 5.66 Å². The third kappa shape index (κ3) is 3.50. The van der Waals surface area contributed by atoms with Crippen LogP contribution in [0, 0.1) is 12.3 Å². The molecule has 0 spiro atoms. The molecule has 1 amide bonds. The monoisotopic (exact) mass is 300 g/mol. The lowest BCUT2D eigenvalue weighted by Gasteiger charge is -2.22. The number of hydrogen-bond acceptors (Lipinski definition) is 5. The molecule has 0 bridgehead atoms. The van der Waals surface area contributed by atoms with Gasteiger partial charge in [0.2, 0.25) is 5.91 Å². The van der Waals surface area contributed by atoms with Crippen LogP contribution in [0.25, 0.3) is 0 Å². The van der Waals surface area contributed by atoms with Crippen LogP contribution in [0.15, 0.2) is 16.4 Å². The van der Waals surface area contributed by atoms with Gasteiger partial charge in [0.1, 0.15) is 6.54 Å². The molecule has 1 aromatic heterocycles. The Labute approximate surface area is 129 Å². The second kappa shape index (κ2) is 6.26. The minimum Gasteiger partial charge on any atom is -0.354 e. The second-order valence-corrected chi connectivity index (χ2v) is 5.96. The average Bonchev–Trinajstić information content (AvgIpc) is 3.07. The normalized spacial score (nSPS) is 18.5. The Morgan fingerprint density at radius 1 is 1.45 bits per heavy atom. The van der Waals surface area contributed by atoms with E-state index in [4.69, 9.17) is 6.42 Å². The molecule has 22 heavy (non-hydrogen) atoms. The number of nitrogens with zero attached hydrogens (tertiary/aromatic N) is 5. The molecule has 1 aliphatic carbocycles. The van der Waals surface area contributed by atoms with E-state index in [-0.39, 0.29) is 18.1 Å². The van der Waals surface area contributed by atoms with Crippen LogP contribution in [0.1, 0.15) is 50.1 Å². The van der Waals surface area contributed by atoms with Crippen molar-refractivity contribution < 1.29 is 4.79 Å². The zero-order chi connectivity index (χ0) is 15.4. The third-order valence-corrected chi connectivity index (χ3v) is 4.29. The van der Waals surface area contributed by atoms with Gasteiger partial charge in [-0.15, -0.1) is 17.4 Å². The maximum atomic E-state index is 11.9. The molecule has 3 rings (SSSR count). The van der Waals surface area contributed by atoms with Gasteiger partial charge in [-0.25, -0.2) is 4.68 Å². The van der Waals surface area contributed by atoms with Crippen LogP contribution < -0.4 is 5.32 Å². The van der Waals surface area contributed by atoms with E-state index in [0.29, 0.717) is 25.3 Å². The molecule has 0 saturated heterocycles. The molecule has 0 atom stereocenters. The van der Waals surface area contributed by atoms with Crippen LogP contribution in [-0.4, -0.2) is 33.1 Å². The van der Waals surface area contributed by atoms with Crippen molar-refractivity contribution in [2.45, 2.75) is 56.7 Å². The highest BCUT2D eigenvalue weighted by Gasteiger charge is 2.38. The van der Waals surface area contributed by atoms with E-state index < -0.39 is 0 Å². The quantitative estimate of drug-likeness (QED) is 0.740. The Kier molecular flexibility index (Phi) is 4.18. The Balaban J connectivity index is 1.37. The van der Waals surface area contributed by atoms with E-state index in [1.165, 1.54) is 19.3 Å². The molecule has 7 heteroatoms. The first-order valence-electron chi connectivity index (χ1n) is 7.75. The van der Waals surface area contributed by atoms with E-state index in [2.05, 4.69) is 31.8 Å². The van der Waals surface area contributed by atoms with E-state index in [9.17, 15) is 4.79 Å². The largest absolute Gasteiger partial charge is 0.354 e. The number of carbonyl (C=O) groups is 1. The first kappa shape index (κ1) is 14.7. The third-order valence-electron chi connectivity index (χ3n) is 4.29. The summed E-state index contributed by atoms with van der Waals surface area (Å²) in [5.74, 6) is 3.05. The van der Waals surface area contributed by atoms with Crippen LogP contribution in [-0.2, 0) is 11.3 Å². The maximum Gasteiger partial charge on any atom is 0.241 e. The maximum absolute atomic E-state index is 11.9. The Hall–Kier alpha value is -2.23. The minimum absolute atomic E-state index is 0.0715. The van der Waals surface area contributed by atoms with Gasteiger partial charge in [-0.1, -0.05) is 11.6 Å². The van der Waals surface area contributed by atoms with Crippen molar-refractivity contribution in [3.8, 4) is 12.3 Å². The summed E-state index contributed by atoms with van der Waals surface area (Å²) >= 11 is 0. The van der Waals surface area contributed by atoms with E-state index in [1.807, 2.05) is 6.20 Å². The van der Waals surface area contributed by atoms with Crippen molar-refractivity contribution >= 4 is 5.91 Å². The lowest BCUT2D eigenvalue weighted by molar-refractivity contribution is -0.121. The smallest absolute Gasteiger partial charge is 0.241 e. The fraction of sp³-hybridized carbons (Fsp3) is 0.667. The Morgan fingerprint density at radius 3 is 2.91 bits per heavy atom. The van der Waals surface area contributed by atoms with E-state index >= 15 is 0 Å². The summed E-state index contributed by atoms with van der Waals surface area (Å²) in [5, 5.41) is 19.1. The SMILES string of the molecule is C#CCCC1(CCNC(=O)Cn2cc(C3CCC3)nn2)N=N1. The molecule has 0 aromatic carbocycles. The molecule has 1 fully saturated rings. The summed E-state index contributed by atoms with van der Waals surface area (Å²) in [7, 11) is 0. The Bertz CT molecular complexity index is 604. The van der Waals surface area contributed by atoms with Crippen LogP contribution in [0.4, 0.5) is 0 Å². The molecule has 116 valence electrons. The van der Waals surface area contributed by atoms with Gasteiger partial charge < -0.3 is 5.32 Å². The summed E-state index contributed by atoms with van der Waals surface area (Å²) in [6.45, 7) is 0.742. The fourth-order valence-electron chi connectivity index (χ4n) is 2.55. The molecule has 0 radical (unpaired) electrons. The van der Waals surface area contributed by atoms with Crippen molar-refractivity contribution in [2.75, 3.05) is 6.54 Å². The standard InChI is InChI=1S/C15H20N6O/c1-2-3-7-15(18-19-15)8-9-16-14(22)11-21-10-13(17-20-21)12-5-4-6-12/h1,10,12H,3-9,11H2,(H,16,22). The van der Waals surface area contributed by atoms with Crippen LogP contribution >= 0.6 is 0 Å². The minimum atomic E-state index is -0.343. The van der Waals surface area contributed by atoms with Gasteiger partial charge in [0.05, 0.1) is 5.69 Å². The zero-order valence-electron chi connectivity index (χ0n) is 12.5. The van der Waals surface area contributed by atoms with Gasteiger partial charge in [0.25, 0.3) is 0 Å². The number of terminal acetylenes is 1. The number of amides is 1. The average molecular weight is 300 g/mol. The molecule has 2 aliphatic rings. The zero-order valence-corrected chi connectivity index (χ0v) is 12.5. The summed E-state index contributed by atoms with van der Waals surface area (Å²) in [4.78, 5) is 11.9. The highest BCUT2D eigenvalue weighted by atomic mass is 16.2. The molecule has 1 aliphatic heterocycles. The van der Waals surface area contributed by atoms with Crippen molar-refractivity contribution in [3.63, 3.8) is 0 Å². The lowest BCUT2D eigenvalue weighted by Crippen LogP contribution is -2.31. The summed E-state index contributed by atoms with van der Waals surface area (Å²) in [6.07, 6.45) is 12.9. The van der Waals surface area contributed by atoms with Gasteiger partial charge in [0, 0.05) is 37.9 Å². The predicted octanol–water partition coefficient (Wildman–Crippen LogP) is 1.63. The fourth-order valence-corrected chi connectivity index (χ4v) is 2.55. The van der Waals surface area contributed by atoms with Crippen LogP contribution in [0.3, 0.4) is 0 Å². The Morgan fingerprint density at radius 2 is 2.27 bits per heavy atom. The van der Waals surface area contributed by atoms with Crippen LogP contribution in [0.5, 0.6) is 0 Å². The van der Waals surface area contributed by atoms with Crippen molar-refractivity contribution in [1.29, 1.82) is 0 Å². The summed E-state index contributed by atoms with van der Waals surface area (Å²) in [6, 6.07) is 0. The van der Waals surface area contributed by atoms with Crippen molar-refractivity contribution in [3.05, 3.63) is 11.9 Å². The lowest BCUT2D eigenvalue weighted by atomic mass is 9.83. The summed E-state index contributed by atoms with van der Waals surface area (Å²) < 4.78 is 1.60. The molecule has 0 unspecified atom stereocenters. The molecular weight excluding hydrogens is 280 g/mol. The van der Waals surface area contributed by atoms with E-state index in [1.54, 1.807) is 4.68 Å².